The standard InChI is InChI=1S/C21H26N2O5/c1-4-13-28-18-11-8-16(14-19(18)27-3)21(25)23-22-20(24)12-7-15-5-9-17(26-2)10-6-15/h5-6,8-11,14H,4,7,12-13H2,1-3H3,(H,22,24)(H,23,25). The Hall–Kier alpha value is -3.22. The van der Waals surface area contributed by atoms with Crippen LogP contribution in [0.15, 0.2) is 42.5 Å². The molecule has 0 spiro atoms. The van der Waals surface area contributed by atoms with Crippen molar-refractivity contribution < 1.29 is 23.8 Å². The second kappa shape index (κ2) is 10.8. The summed E-state index contributed by atoms with van der Waals surface area (Å²) in [5.74, 6) is 1.09. The molecule has 0 saturated heterocycles. The number of hydrazine groups is 1. The van der Waals surface area contributed by atoms with Crippen LogP contribution in [0.2, 0.25) is 0 Å². The normalized spacial score (nSPS) is 10.1. The lowest BCUT2D eigenvalue weighted by molar-refractivity contribution is -0.121. The average Bonchev–Trinajstić information content (AvgIpc) is 2.74. The van der Waals surface area contributed by atoms with Crippen LogP contribution in [-0.4, -0.2) is 32.6 Å². The van der Waals surface area contributed by atoms with Crippen molar-refractivity contribution in [1.82, 2.24) is 10.9 Å². The number of amides is 2. The van der Waals surface area contributed by atoms with Crippen molar-refractivity contribution in [2.24, 2.45) is 0 Å². The van der Waals surface area contributed by atoms with Crippen molar-refractivity contribution in [3.63, 3.8) is 0 Å². The molecule has 150 valence electrons. The highest BCUT2D eigenvalue weighted by molar-refractivity contribution is 5.96. The van der Waals surface area contributed by atoms with E-state index in [-0.39, 0.29) is 12.3 Å². The fourth-order valence-corrected chi connectivity index (χ4v) is 2.45. The summed E-state index contributed by atoms with van der Waals surface area (Å²) in [7, 11) is 3.11. The van der Waals surface area contributed by atoms with Crippen molar-refractivity contribution in [3.8, 4) is 17.2 Å². The number of hydrogen-bond acceptors (Lipinski definition) is 5. The topological polar surface area (TPSA) is 85.9 Å². The van der Waals surface area contributed by atoms with E-state index >= 15 is 0 Å². The number of methoxy groups -OCH3 is 2. The number of carbonyl (C=O) groups excluding carboxylic acids is 2. The molecule has 28 heavy (non-hydrogen) atoms. The van der Waals surface area contributed by atoms with Crippen molar-refractivity contribution in [3.05, 3.63) is 53.6 Å². The molecule has 7 nitrogen and oxygen atoms in total. The molecule has 2 N–H and O–H groups in total. The molecule has 0 atom stereocenters. The average molecular weight is 386 g/mol. The van der Waals surface area contributed by atoms with Crippen LogP contribution in [0.5, 0.6) is 17.2 Å². The zero-order valence-corrected chi connectivity index (χ0v) is 16.4. The second-order valence-corrected chi connectivity index (χ2v) is 6.06. The van der Waals surface area contributed by atoms with Gasteiger partial charge in [-0.25, -0.2) is 0 Å². The van der Waals surface area contributed by atoms with Crippen molar-refractivity contribution >= 4 is 11.8 Å². The van der Waals surface area contributed by atoms with E-state index in [1.54, 1.807) is 25.3 Å². The molecular formula is C21H26N2O5. The summed E-state index contributed by atoms with van der Waals surface area (Å²) in [6.45, 7) is 2.57. The lowest BCUT2D eigenvalue weighted by atomic mass is 10.1. The molecule has 0 aliphatic heterocycles. The fourth-order valence-electron chi connectivity index (χ4n) is 2.45. The van der Waals surface area contributed by atoms with Gasteiger partial charge in [-0.05, 0) is 48.7 Å². The summed E-state index contributed by atoms with van der Waals surface area (Å²) < 4.78 is 15.9. The maximum atomic E-state index is 12.3. The largest absolute Gasteiger partial charge is 0.497 e. The lowest BCUT2D eigenvalue weighted by Crippen LogP contribution is -2.41. The van der Waals surface area contributed by atoms with E-state index in [0.29, 0.717) is 30.1 Å². The van der Waals surface area contributed by atoms with Gasteiger partial charge >= 0.3 is 0 Å². The molecule has 0 unspecified atom stereocenters. The van der Waals surface area contributed by atoms with Crippen molar-refractivity contribution in [1.29, 1.82) is 0 Å². The molecule has 2 amide bonds. The first-order valence-corrected chi connectivity index (χ1v) is 9.10. The van der Waals surface area contributed by atoms with E-state index in [1.165, 1.54) is 7.11 Å². The predicted molar refractivity (Wildman–Crippen MR) is 106 cm³/mol. The summed E-state index contributed by atoms with van der Waals surface area (Å²) in [5, 5.41) is 0. The molecule has 0 aliphatic rings. The van der Waals surface area contributed by atoms with Gasteiger partial charge in [-0.3, -0.25) is 20.4 Å². The van der Waals surface area contributed by atoms with E-state index in [2.05, 4.69) is 10.9 Å². The zero-order valence-electron chi connectivity index (χ0n) is 16.4. The number of benzene rings is 2. The summed E-state index contributed by atoms with van der Waals surface area (Å²) >= 11 is 0. The molecule has 0 aromatic heterocycles. The van der Waals surface area contributed by atoms with Gasteiger partial charge in [-0.1, -0.05) is 19.1 Å². The van der Waals surface area contributed by atoms with Gasteiger partial charge in [0.05, 0.1) is 20.8 Å². The highest BCUT2D eigenvalue weighted by Crippen LogP contribution is 2.28. The Labute approximate surface area is 165 Å². The van der Waals surface area contributed by atoms with Gasteiger partial charge in [0.2, 0.25) is 5.91 Å². The third-order valence-electron chi connectivity index (χ3n) is 4.00. The van der Waals surface area contributed by atoms with Gasteiger partial charge in [-0.15, -0.1) is 0 Å². The molecule has 2 aromatic carbocycles. The van der Waals surface area contributed by atoms with Crippen LogP contribution in [0.3, 0.4) is 0 Å². The van der Waals surface area contributed by atoms with E-state index in [0.717, 1.165) is 17.7 Å². The number of aryl methyl sites for hydroxylation is 1. The molecule has 2 rings (SSSR count). The second-order valence-electron chi connectivity index (χ2n) is 6.06. The van der Waals surface area contributed by atoms with E-state index in [4.69, 9.17) is 14.2 Å². The molecular weight excluding hydrogens is 360 g/mol. The van der Waals surface area contributed by atoms with Gasteiger partial charge in [-0.2, -0.15) is 0 Å². The first-order valence-electron chi connectivity index (χ1n) is 9.10. The van der Waals surface area contributed by atoms with Gasteiger partial charge in [0.15, 0.2) is 11.5 Å². The fraction of sp³-hybridized carbons (Fsp3) is 0.333. The molecule has 0 heterocycles. The van der Waals surface area contributed by atoms with Gasteiger partial charge in [0, 0.05) is 12.0 Å². The monoisotopic (exact) mass is 386 g/mol. The Kier molecular flexibility index (Phi) is 8.14. The van der Waals surface area contributed by atoms with Gasteiger partial charge in [0.25, 0.3) is 5.91 Å². The summed E-state index contributed by atoms with van der Waals surface area (Å²) in [5.41, 5.74) is 6.20. The summed E-state index contributed by atoms with van der Waals surface area (Å²) in [6.07, 6.45) is 1.68. The quantitative estimate of drug-likeness (QED) is 0.647. The maximum Gasteiger partial charge on any atom is 0.269 e. The van der Waals surface area contributed by atoms with E-state index in [1.807, 2.05) is 31.2 Å². The number of nitrogens with one attached hydrogen (secondary N) is 2. The van der Waals surface area contributed by atoms with Crippen LogP contribution < -0.4 is 25.1 Å². The molecule has 0 bridgehead atoms. The Morgan fingerprint density at radius 3 is 2.32 bits per heavy atom. The number of hydrogen-bond donors (Lipinski definition) is 2. The Balaban J connectivity index is 1.84. The Bertz CT molecular complexity index is 790. The third kappa shape index (κ3) is 6.19. The minimum Gasteiger partial charge on any atom is -0.497 e. The third-order valence-corrected chi connectivity index (χ3v) is 4.00. The SMILES string of the molecule is CCCOc1ccc(C(=O)NNC(=O)CCc2ccc(OC)cc2)cc1OC. The van der Waals surface area contributed by atoms with Crippen molar-refractivity contribution in [2.75, 3.05) is 20.8 Å². The first kappa shape index (κ1) is 21.1. The Morgan fingerprint density at radius 1 is 0.929 bits per heavy atom. The minimum absolute atomic E-state index is 0.250. The highest BCUT2D eigenvalue weighted by atomic mass is 16.5. The minimum atomic E-state index is -0.432. The molecule has 0 radical (unpaired) electrons. The maximum absolute atomic E-state index is 12.3. The zero-order chi connectivity index (χ0) is 20.4. The smallest absolute Gasteiger partial charge is 0.269 e. The lowest BCUT2D eigenvalue weighted by Gasteiger charge is -2.12. The van der Waals surface area contributed by atoms with E-state index in [9.17, 15) is 9.59 Å². The van der Waals surface area contributed by atoms with Crippen molar-refractivity contribution in [2.45, 2.75) is 26.2 Å². The van der Waals surface area contributed by atoms with Crippen LogP contribution in [0.25, 0.3) is 0 Å². The summed E-state index contributed by atoms with van der Waals surface area (Å²) in [6, 6.07) is 12.4. The molecule has 0 saturated carbocycles. The van der Waals surface area contributed by atoms with Crippen LogP contribution >= 0.6 is 0 Å². The Morgan fingerprint density at radius 2 is 1.68 bits per heavy atom. The van der Waals surface area contributed by atoms with Gasteiger partial charge < -0.3 is 14.2 Å². The number of ether oxygens (including phenoxy) is 3. The molecule has 2 aromatic rings. The number of rotatable bonds is 9. The molecule has 0 fully saturated rings. The van der Waals surface area contributed by atoms with Crippen LogP contribution in [0.4, 0.5) is 0 Å². The van der Waals surface area contributed by atoms with Gasteiger partial charge in [0.1, 0.15) is 5.75 Å². The molecule has 7 heteroatoms. The van der Waals surface area contributed by atoms with Crippen LogP contribution in [-0.2, 0) is 11.2 Å². The number of carbonyl (C=O) groups is 2. The van der Waals surface area contributed by atoms with Crippen LogP contribution in [0, 0.1) is 0 Å². The highest BCUT2D eigenvalue weighted by Gasteiger charge is 2.12. The summed E-state index contributed by atoms with van der Waals surface area (Å²) in [4.78, 5) is 24.2. The first-order chi connectivity index (χ1) is 13.6. The predicted octanol–water partition coefficient (Wildman–Crippen LogP) is 2.89. The van der Waals surface area contributed by atoms with E-state index < -0.39 is 5.91 Å². The van der Waals surface area contributed by atoms with Crippen LogP contribution in [0.1, 0.15) is 35.7 Å². The molecule has 0 aliphatic carbocycles.